The summed E-state index contributed by atoms with van der Waals surface area (Å²) in [6.07, 6.45) is 0. The van der Waals surface area contributed by atoms with E-state index in [1.165, 1.54) is 21.0 Å². The molecule has 0 bridgehead atoms. The number of thiazole rings is 1. The molecular weight excluding hydrogens is 204 g/mol. The van der Waals surface area contributed by atoms with E-state index in [0.29, 0.717) is 5.13 Å². The number of hydrogen-bond acceptors (Lipinski definition) is 3. The van der Waals surface area contributed by atoms with Crippen LogP contribution in [0.4, 0.5) is 5.13 Å². The van der Waals surface area contributed by atoms with Gasteiger partial charge in [-0.05, 0) is 23.9 Å². The highest BCUT2D eigenvalue weighted by Gasteiger charge is 2.07. The number of aryl methyl sites for hydroxylation is 1. The Labute approximate surface area is 91.4 Å². The molecule has 0 aliphatic carbocycles. The molecule has 0 radical (unpaired) electrons. The van der Waals surface area contributed by atoms with E-state index >= 15 is 0 Å². The first-order valence-corrected chi connectivity index (χ1v) is 5.62. The van der Waals surface area contributed by atoms with Crippen molar-refractivity contribution in [3.8, 4) is 0 Å². The number of fused-ring (bicyclic) bond motifs is 3. The SMILES string of the molecule is Cc1cc2ccccc2c2sc(N)nc12. The van der Waals surface area contributed by atoms with E-state index in [9.17, 15) is 0 Å². The Kier molecular flexibility index (Phi) is 1.70. The number of anilines is 1. The number of aromatic nitrogens is 1. The third kappa shape index (κ3) is 1.20. The zero-order valence-corrected chi connectivity index (χ0v) is 9.14. The van der Waals surface area contributed by atoms with E-state index in [4.69, 9.17) is 5.73 Å². The molecule has 3 aromatic rings. The normalized spacial score (nSPS) is 11.3. The lowest BCUT2D eigenvalue weighted by Gasteiger charge is -2.00. The lowest BCUT2D eigenvalue weighted by atomic mass is 10.1. The molecule has 74 valence electrons. The molecule has 2 aromatic carbocycles. The second-order valence-corrected chi connectivity index (χ2v) is 4.68. The maximum atomic E-state index is 5.76. The molecule has 1 heterocycles. The predicted molar refractivity (Wildman–Crippen MR) is 66.3 cm³/mol. The van der Waals surface area contributed by atoms with Crippen LogP contribution in [0.5, 0.6) is 0 Å². The van der Waals surface area contributed by atoms with Gasteiger partial charge >= 0.3 is 0 Å². The van der Waals surface area contributed by atoms with E-state index in [1.54, 1.807) is 11.3 Å². The fourth-order valence-electron chi connectivity index (χ4n) is 1.92. The van der Waals surface area contributed by atoms with Crippen LogP contribution in [0.25, 0.3) is 21.0 Å². The molecule has 0 aliphatic heterocycles. The summed E-state index contributed by atoms with van der Waals surface area (Å²) in [7, 11) is 0. The van der Waals surface area contributed by atoms with Crippen molar-refractivity contribution in [2.75, 3.05) is 5.73 Å². The highest BCUT2D eigenvalue weighted by Crippen LogP contribution is 2.33. The minimum atomic E-state index is 0.643. The fraction of sp³-hybridized carbons (Fsp3) is 0.0833. The second-order valence-electron chi connectivity index (χ2n) is 3.64. The number of nitrogen functional groups attached to an aromatic ring is 1. The van der Waals surface area contributed by atoms with Gasteiger partial charge in [-0.15, -0.1) is 0 Å². The van der Waals surface area contributed by atoms with E-state index in [2.05, 4.69) is 36.2 Å². The second kappa shape index (κ2) is 2.94. The quantitative estimate of drug-likeness (QED) is 0.623. The highest BCUT2D eigenvalue weighted by atomic mass is 32.1. The van der Waals surface area contributed by atoms with Crippen LogP contribution in [-0.4, -0.2) is 4.98 Å². The standard InChI is InChI=1S/C12H10N2S/c1-7-6-8-4-2-3-5-9(8)11-10(7)14-12(13)15-11/h2-6H,1H3,(H2,13,14). The summed E-state index contributed by atoms with van der Waals surface area (Å²) in [5.74, 6) is 0. The van der Waals surface area contributed by atoms with Gasteiger partial charge in [0.15, 0.2) is 5.13 Å². The zero-order valence-electron chi connectivity index (χ0n) is 8.32. The van der Waals surface area contributed by atoms with E-state index < -0.39 is 0 Å². The molecule has 15 heavy (non-hydrogen) atoms. The third-order valence-electron chi connectivity index (χ3n) is 2.59. The Morgan fingerprint density at radius 2 is 2.07 bits per heavy atom. The van der Waals surface area contributed by atoms with Gasteiger partial charge in [-0.3, -0.25) is 0 Å². The monoisotopic (exact) mass is 214 g/mol. The molecule has 0 amide bonds. The van der Waals surface area contributed by atoms with Crippen molar-refractivity contribution in [2.24, 2.45) is 0 Å². The van der Waals surface area contributed by atoms with Crippen molar-refractivity contribution in [3.05, 3.63) is 35.9 Å². The average molecular weight is 214 g/mol. The van der Waals surface area contributed by atoms with E-state index in [-0.39, 0.29) is 0 Å². The topological polar surface area (TPSA) is 38.9 Å². The minimum Gasteiger partial charge on any atom is -0.375 e. The van der Waals surface area contributed by atoms with Gasteiger partial charge in [-0.25, -0.2) is 4.98 Å². The van der Waals surface area contributed by atoms with Gasteiger partial charge in [0.25, 0.3) is 0 Å². The lowest BCUT2D eigenvalue weighted by Crippen LogP contribution is -1.82. The molecule has 0 saturated heterocycles. The van der Waals surface area contributed by atoms with Crippen molar-refractivity contribution in [1.82, 2.24) is 4.98 Å². The van der Waals surface area contributed by atoms with Gasteiger partial charge in [0.2, 0.25) is 0 Å². The fourth-order valence-corrected chi connectivity index (χ4v) is 2.86. The van der Waals surface area contributed by atoms with E-state index in [0.717, 1.165) is 5.52 Å². The van der Waals surface area contributed by atoms with Crippen LogP contribution < -0.4 is 5.73 Å². The van der Waals surface area contributed by atoms with Crippen molar-refractivity contribution in [3.63, 3.8) is 0 Å². The summed E-state index contributed by atoms with van der Waals surface area (Å²) < 4.78 is 1.20. The Balaban J connectivity index is 2.63. The van der Waals surface area contributed by atoms with Crippen molar-refractivity contribution in [1.29, 1.82) is 0 Å². The van der Waals surface area contributed by atoms with Gasteiger partial charge in [-0.2, -0.15) is 0 Å². The molecular formula is C12H10N2S. The number of benzene rings is 2. The molecule has 2 nitrogen and oxygen atoms in total. The maximum Gasteiger partial charge on any atom is 0.181 e. The Hall–Kier alpha value is -1.61. The molecule has 3 rings (SSSR count). The summed E-state index contributed by atoms with van der Waals surface area (Å²) in [4.78, 5) is 4.36. The molecule has 0 aliphatic rings. The van der Waals surface area contributed by atoms with Gasteiger partial charge in [0.05, 0.1) is 10.2 Å². The van der Waals surface area contributed by atoms with Crippen LogP contribution in [0.2, 0.25) is 0 Å². The highest BCUT2D eigenvalue weighted by molar-refractivity contribution is 7.23. The molecule has 0 saturated carbocycles. The molecule has 0 fully saturated rings. The third-order valence-corrected chi connectivity index (χ3v) is 3.51. The summed E-state index contributed by atoms with van der Waals surface area (Å²) >= 11 is 1.56. The summed E-state index contributed by atoms with van der Waals surface area (Å²) in [6, 6.07) is 10.5. The lowest BCUT2D eigenvalue weighted by molar-refractivity contribution is 1.44. The first-order chi connectivity index (χ1) is 7.25. The van der Waals surface area contributed by atoms with Crippen LogP contribution in [-0.2, 0) is 0 Å². The first kappa shape index (κ1) is 8.68. The molecule has 0 atom stereocenters. The molecule has 3 heteroatoms. The largest absolute Gasteiger partial charge is 0.375 e. The van der Waals surface area contributed by atoms with Crippen LogP contribution in [0.1, 0.15) is 5.56 Å². The smallest absolute Gasteiger partial charge is 0.181 e. The summed E-state index contributed by atoms with van der Waals surface area (Å²) in [6.45, 7) is 2.08. The first-order valence-electron chi connectivity index (χ1n) is 4.80. The maximum absolute atomic E-state index is 5.76. The van der Waals surface area contributed by atoms with Crippen LogP contribution >= 0.6 is 11.3 Å². The number of nitrogens with two attached hydrogens (primary N) is 1. The molecule has 2 N–H and O–H groups in total. The van der Waals surface area contributed by atoms with Gasteiger partial charge < -0.3 is 5.73 Å². The van der Waals surface area contributed by atoms with Gasteiger partial charge in [0, 0.05) is 5.39 Å². The summed E-state index contributed by atoms with van der Waals surface area (Å²) in [5.41, 5.74) is 7.99. The molecule has 1 aromatic heterocycles. The average Bonchev–Trinajstić information content (AvgIpc) is 2.61. The van der Waals surface area contributed by atoms with Gasteiger partial charge in [0.1, 0.15) is 0 Å². The Bertz CT molecular complexity index is 655. The van der Waals surface area contributed by atoms with Crippen LogP contribution in [0, 0.1) is 6.92 Å². The molecule has 0 spiro atoms. The number of hydrogen-bond donors (Lipinski definition) is 1. The van der Waals surface area contributed by atoms with Gasteiger partial charge in [-0.1, -0.05) is 35.6 Å². The summed E-state index contributed by atoms with van der Waals surface area (Å²) in [5, 5.41) is 3.14. The van der Waals surface area contributed by atoms with Crippen molar-refractivity contribution >= 4 is 37.5 Å². The Morgan fingerprint density at radius 3 is 2.93 bits per heavy atom. The predicted octanol–water partition coefficient (Wildman–Crippen LogP) is 3.34. The number of nitrogens with zero attached hydrogens (tertiary/aromatic N) is 1. The van der Waals surface area contributed by atoms with Crippen LogP contribution in [0.3, 0.4) is 0 Å². The van der Waals surface area contributed by atoms with Crippen molar-refractivity contribution < 1.29 is 0 Å². The minimum absolute atomic E-state index is 0.643. The van der Waals surface area contributed by atoms with E-state index in [1.807, 2.05) is 6.07 Å². The van der Waals surface area contributed by atoms with Crippen molar-refractivity contribution in [2.45, 2.75) is 6.92 Å². The zero-order chi connectivity index (χ0) is 10.4. The van der Waals surface area contributed by atoms with Crippen LogP contribution in [0.15, 0.2) is 30.3 Å². The Morgan fingerprint density at radius 1 is 1.27 bits per heavy atom. The molecule has 0 unspecified atom stereocenters. The number of rotatable bonds is 0.